The zero-order chi connectivity index (χ0) is 29.9. The van der Waals surface area contributed by atoms with Crippen LogP contribution in [0.1, 0.15) is 64.2 Å². The molecule has 1 aliphatic carbocycles. The number of carbonyl (C=O) groups excluding carboxylic acids is 3. The number of amides is 2. The number of likely N-dealkylation sites (tertiary alicyclic amines) is 1. The fourth-order valence-electron chi connectivity index (χ4n) is 9.36. The van der Waals surface area contributed by atoms with Crippen molar-refractivity contribution in [1.29, 1.82) is 0 Å². The number of allylic oxidation sites excluding steroid dienone is 2. The van der Waals surface area contributed by atoms with Crippen molar-refractivity contribution in [3.63, 3.8) is 0 Å². The van der Waals surface area contributed by atoms with Crippen molar-refractivity contribution in [3.05, 3.63) is 24.3 Å². The summed E-state index contributed by atoms with van der Waals surface area (Å²) in [6.45, 7) is 7.34. The average Bonchev–Trinajstić information content (AvgIpc) is 3.02. The number of Topliss-reactive ketones (excluding diaryl/α,β-unsaturated/α-hetero) is 1. The van der Waals surface area contributed by atoms with E-state index in [2.05, 4.69) is 55.8 Å². The van der Waals surface area contributed by atoms with Gasteiger partial charge in [0.2, 0.25) is 11.8 Å². The second kappa shape index (κ2) is 13.5. The van der Waals surface area contributed by atoms with Crippen LogP contribution in [0.3, 0.4) is 0 Å². The molecule has 0 aromatic rings. The number of rotatable bonds is 8. The Morgan fingerprint density at radius 3 is 2.40 bits per heavy atom. The molecule has 43 heavy (non-hydrogen) atoms. The molecule has 10 heteroatoms. The largest absolute Gasteiger partial charge is 0.368 e. The van der Waals surface area contributed by atoms with Crippen LogP contribution >= 0.6 is 0 Å². The highest BCUT2D eigenvalue weighted by molar-refractivity contribution is 6.02. The monoisotopic (exact) mass is 595 g/mol. The molecule has 0 bridgehead atoms. The summed E-state index contributed by atoms with van der Waals surface area (Å²) in [5.41, 5.74) is 5.59. The predicted molar refractivity (Wildman–Crippen MR) is 167 cm³/mol. The number of hydrogen-bond acceptors (Lipinski definition) is 8. The molecule has 2 amide bonds. The van der Waals surface area contributed by atoms with Gasteiger partial charge in [-0.25, -0.2) is 0 Å². The van der Waals surface area contributed by atoms with Crippen molar-refractivity contribution in [2.45, 2.75) is 87.4 Å². The van der Waals surface area contributed by atoms with Gasteiger partial charge in [0, 0.05) is 18.1 Å². The van der Waals surface area contributed by atoms with E-state index in [-0.39, 0.29) is 53.1 Å². The molecule has 5 fully saturated rings. The first-order chi connectivity index (χ1) is 20.9. The minimum atomic E-state index is -0.360. The molecule has 10 nitrogen and oxygen atoms in total. The molecule has 7 N–H and O–H groups in total. The van der Waals surface area contributed by atoms with Crippen LogP contribution in [0.15, 0.2) is 24.3 Å². The quantitative estimate of drug-likeness (QED) is 0.224. The minimum Gasteiger partial charge on any atom is -0.368 e. The number of ketones is 1. The third-order valence-corrected chi connectivity index (χ3v) is 11.8. The van der Waals surface area contributed by atoms with Gasteiger partial charge in [-0.1, -0.05) is 24.3 Å². The number of hydrogen-bond donors (Lipinski definition) is 6. The summed E-state index contributed by atoms with van der Waals surface area (Å²) < 4.78 is 0. The van der Waals surface area contributed by atoms with Gasteiger partial charge in [-0.05, 0) is 121 Å². The Balaban J connectivity index is 1.13. The summed E-state index contributed by atoms with van der Waals surface area (Å²) >= 11 is 0. The molecule has 5 saturated heterocycles. The number of primary amides is 1. The third-order valence-electron chi connectivity index (χ3n) is 11.8. The van der Waals surface area contributed by atoms with Gasteiger partial charge in [0.1, 0.15) is 11.8 Å². The van der Waals surface area contributed by atoms with E-state index in [1.54, 1.807) is 0 Å². The van der Waals surface area contributed by atoms with Crippen LogP contribution in [0.25, 0.3) is 0 Å². The smallest absolute Gasteiger partial charge is 0.236 e. The number of piperidine rings is 5. The van der Waals surface area contributed by atoms with E-state index in [1.165, 1.54) is 12.8 Å². The lowest BCUT2D eigenvalue weighted by molar-refractivity contribution is -0.137. The first-order valence-corrected chi connectivity index (χ1v) is 17.0. The van der Waals surface area contributed by atoms with Crippen molar-refractivity contribution in [2.24, 2.45) is 29.4 Å². The van der Waals surface area contributed by atoms with Crippen LogP contribution in [0.2, 0.25) is 0 Å². The Morgan fingerprint density at radius 2 is 1.72 bits per heavy atom. The Hall–Kier alpha value is -2.11. The van der Waals surface area contributed by atoms with Crippen molar-refractivity contribution < 1.29 is 14.4 Å². The molecule has 0 radical (unpaired) electrons. The molecule has 5 aliphatic heterocycles. The number of carbonyl (C=O) groups is 3. The summed E-state index contributed by atoms with van der Waals surface area (Å²) in [4.78, 5) is 40.2. The maximum Gasteiger partial charge on any atom is 0.236 e. The van der Waals surface area contributed by atoms with Crippen LogP contribution in [-0.2, 0) is 14.4 Å². The van der Waals surface area contributed by atoms with E-state index in [4.69, 9.17) is 5.73 Å². The number of nitrogens with two attached hydrogens (primary N) is 1. The molecule has 5 unspecified atom stereocenters. The summed E-state index contributed by atoms with van der Waals surface area (Å²) in [7, 11) is 0. The number of nitrogens with one attached hydrogen (secondary N) is 5. The van der Waals surface area contributed by atoms with Crippen LogP contribution in [0.5, 0.6) is 0 Å². The highest BCUT2D eigenvalue weighted by Gasteiger charge is 2.49. The molecular weight excluding hydrogens is 542 g/mol. The van der Waals surface area contributed by atoms with Gasteiger partial charge in [0.15, 0.2) is 0 Å². The Bertz CT molecular complexity index is 1070. The SMILES string of the molecule is NC(=O)C1NCC(C2CCNCC2)CC1NC1(CC2CCN(C3(C4CNC(=O)CC4=O)C=CC=CC3)CC2)CCNCC1. The van der Waals surface area contributed by atoms with Crippen LogP contribution in [0, 0.1) is 23.7 Å². The summed E-state index contributed by atoms with van der Waals surface area (Å²) in [5, 5.41) is 17.7. The zero-order valence-corrected chi connectivity index (χ0v) is 25.8. The molecule has 0 aromatic carbocycles. The molecule has 238 valence electrons. The van der Waals surface area contributed by atoms with E-state index < -0.39 is 0 Å². The van der Waals surface area contributed by atoms with Crippen LogP contribution in [-0.4, -0.2) is 98.0 Å². The molecule has 0 saturated carbocycles. The van der Waals surface area contributed by atoms with Gasteiger partial charge in [-0.3, -0.25) is 19.3 Å². The zero-order valence-electron chi connectivity index (χ0n) is 25.8. The van der Waals surface area contributed by atoms with E-state index >= 15 is 0 Å². The second-order valence-corrected chi connectivity index (χ2v) is 14.3. The minimum absolute atomic E-state index is 0.0104. The number of nitrogens with zero attached hydrogens (tertiary/aromatic N) is 1. The van der Waals surface area contributed by atoms with E-state index in [9.17, 15) is 14.4 Å². The fourth-order valence-corrected chi connectivity index (χ4v) is 9.36. The van der Waals surface area contributed by atoms with Gasteiger partial charge < -0.3 is 32.3 Å². The van der Waals surface area contributed by atoms with Gasteiger partial charge in [-0.15, -0.1) is 0 Å². The molecule has 0 spiro atoms. The lowest BCUT2D eigenvalue weighted by atomic mass is 9.71. The van der Waals surface area contributed by atoms with Gasteiger partial charge in [0.25, 0.3) is 0 Å². The van der Waals surface area contributed by atoms with E-state index in [0.29, 0.717) is 24.3 Å². The molecule has 5 atom stereocenters. The normalized spacial score (nSPS) is 36.4. The average molecular weight is 596 g/mol. The Kier molecular flexibility index (Phi) is 9.69. The van der Waals surface area contributed by atoms with Crippen LogP contribution < -0.4 is 32.3 Å². The van der Waals surface area contributed by atoms with Crippen molar-refractivity contribution >= 4 is 17.6 Å². The van der Waals surface area contributed by atoms with Crippen molar-refractivity contribution in [1.82, 2.24) is 31.5 Å². The predicted octanol–water partition coefficient (Wildman–Crippen LogP) is 0.592. The fraction of sp³-hybridized carbons (Fsp3) is 0.788. The maximum atomic E-state index is 13.1. The Labute approximate surface area is 256 Å². The van der Waals surface area contributed by atoms with Gasteiger partial charge >= 0.3 is 0 Å². The topological polar surface area (TPSA) is 141 Å². The lowest BCUT2D eigenvalue weighted by Crippen LogP contribution is -2.67. The van der Waals surface area contributed by atoms with E-state index in [0.717, 1.165) is 90.8 Å². The van der Waals surface area contributed by atoms with Crippen molar-refractivity contribution in [2.75, 3.05) is 52.4 Å². The first kappa shape index (κ1) is 30.9. The Morgan fingerprint density at radius 1 is 0.977 bits per heavy atom. The lowest BCUT2D eigenvalue weighted by Gasteiger charge is -2.52. The first-order valence-electron chi connectivity index (χ1n) is 17.0. The second-order valence-electron chi connectivity index (χ2n) is 14.3. The third kappa shape index (κ3) is 6.78. The standard InChI is InChI=1S/C33H53N7O3/c34-31(43)30-27(18-25(21-38-30)24-4-12-35-13-5-24)39-32(10-14-36-15-11-32)20-23-6-16-40(17-7-23)33(8-2-1-3-9-33)26-22-37-29(42)19-28(26)41/h1-3,8,23-27,30,35-36,38-39H,4-7,9-22H2,(H2,34,43)(H,37,42). The summed E-state index contributed by atoms with van der Waals surface area (Å²) in [5.74, 6) is 1.30. The molecule has 6 rings (SSSR count). The summed E-state index contributed by atoms with van der Waals surface area (Å²) in [6, 6.07) is -0.273. The molecule has 6 aliphatic rings. The highest BCUT2D eigenvalue weighted by Crippen LogP contribution is 2.41. The van der Waals surface area contributed by atoms with Gasteiger partial charge in [0.05, 0.1) is 17.9 Å². The molecular formula is C33H53N7O3. The molecule has 5 heterocycles. The van der Waals surface area contributed by atoms with Gasteiger partial charge in [-0.2, -0.15) is 0 Å². The van der Waals surface area contributed by atoms with Crippen molar-refractivity contribution in [3.8, 4) is 0 Å². The molecule has 0 aromatic heterocycles. The maximum absolute atomic E-state index is 13.1. The summed E-state index contributed by atoms with van der Waals surface area (Å²) in [6.07, 6.45) is 18.2. The van der Waals surface area contributed by atoms with Crippen LogP contribution in [0.4, 0.5) is 0 Å². The van der Waals surface area contributed by atoms with E-state index in [1.807, 2.05) is 0 Å². The highest BCUT2D eigenvalue weighted by atomic mass is 16.2.